The molecule has 1 N–H and O–H groups in total. The molecule has 2 rings (SSSR count). The molecule has 6 nitrogen and oxygen atoms in total. The lowest BCUT2D eigenvalue weighted by Crippen LogP contribution is -2.33. The van der Waals surface area contributed by atoms with Gasteiger partial charge in [0, 0.05) is 18.8 Å². The van der Waals surface area contributed by atoms with Crippen molar-refractivity contribution in [1.82, 2.24) is 4.90 Å². The van der Waals surface area contributed by atoms with Crippen molar-refractivity contribution in [1.29, 1.82) is 0 Å². The highest BCUT2D eigenvalue weighted by Gasteiger charge is 2.11. The molecule has 0 heterocycles. The number of nitrogens with zero attached hydrogens (tertiary/aromatic N) is 1. The third-order valence-corrected chi connectivity index (χ3v) is 3.64. The summed E-state index contributed by atoms with van der Waals surface area (Å²) in [4.78, 5) is 25.6. The van der Waals surface area contributed by atoms with Gasteiger partial charge in [0.1, 0.15) is 11.5 Å². The first-order valence-corrected chi connectivity index (χ1v) is 8.03. The van der Waals surface area contributed by atoms with E-state index in [1.54, 1.807) is 51.6 Å². The van der Waals surface area contributed by atoms with E-state index in [-0.39, 0.29) is 18.4 Å². The maximum Gasteiger partial charge on any atom is 0.246 e. The highest BCUT2D eigenvalue weighted by atomic mass is 16.5. The van der Waals surface area contributed by atoms with E-state index in [0.717, 1.165) is 5.56 Å². The van der Waals surface area contributed by atoms with Gasteiger partial charge in [0.25, 0.3) is 0 Å². The normalized spacial score (nSPS) is 10.4. The zero-order chi connectivity index (χ0) is 18.9. The van der Waals surface area contributed by atoms with Gasteiger partial charge in [-0.05, 0) is 48.0 Å². The molecular weight excluding hydrogens is 332 g/mol. The first-order chi connectivity index (χ1) is 12.5. The average Bonchev–Trinajstić information content (AvgIpc) is 2.66. The van der Waals surface area contributed by atoms with Crippen LogP contribution in [-0.2, 0) is 9.59 Å². The molecule has 0 saturated carbocycles. The Labute approximate surface area is 153 Å². The van der Waals surface area contributed by atoms with Crippen LogP contribution in [0.1, 0.15) is 5.56 Å². The number of anilines is 1. The van der Waals surface area contributed by atoms with E-state index in [1.165, 1.54) is 11.0 Å². The number of carbonyl (C=O) groups is 2. The van der Waals surface area contributed by atoms with Crippen LogP contribution in [-0.4, -0.2) is 44.5 Å². The number of hydrogen-bond donors (Lipinski definition) is 1. The van der Waals surface area contributed by atoms with Crippen LogP contribution in [0.15, 0.2) is 54.6 Å². The summed E-state index contributed by atoms with van der Waals surface area (Å²) in [6.45, 7) is -0.0483. The molecule has 136 valence electrons. The van der Waals surface area contributed by atoms with Crippen LogP contribution in [0.4, 0.5) is 5.69 Å². The minimum absolute atomic E-state index is 0.0483. The van der Waals surface area contributed by atoms with E-state index in [2.05, 4.69) is 5.32 Å². The Morgan fingerprint density at radius 1 is 1.04 bits per heavy atom. The molecule has 0 aliphatic carbocycles. The van der Waals surface area contributed by atoms with Crippen LogP contribution in [0.25, 0.3) is 6.08 Å². The number of carbonyl (C=O) groups excluding carboxylic acids is 2. The average molecular weight is 354 g/mol. The summed E-state index contributed by atoms with van der Waals surface area (Å²) in [7, 11) is 4.74. The molecule has 0 aromatic heterocycles. The highest BCUT2D eigenvalue weighted by molar-refractivity contribution is 5.97. The van der Waals surface area contributed by atoms with Crippen molar-refractivity contribution in [2.75, 3.05) is 33.1 Å². The molecule has 0 aliphatic rings. The largest absolute Gasteiger partial charge is 0.497 e. The van der Waals surface area contributed by atoms with Crippen LogP contribution in [0.5, 0.6) is 11.5 Å². The Hall–Kier alpha value is -3.28. The van der Waals surface area contributed by atoms with Crippen LogP contribution in [0.3, 0.4) is 0 Å². The minimum Gasteiger partial charge on any atom is -0.497 e. The van der Waals surface area contributed by atoms with Crippen LogP contribution >= 0.6 is 0 Å². The van der Waals surface area contributed by atoms with Crippen molar-refractivity contribution in [2.45, 2.75) is 0 Å². The second kappa shape index (κ2) is 9.27. The lowest BCUT2D eigenvalue weighted by Gasteiger charge is -2.15. The van der Waals surface area contributed by atoms with E-state index in [1.807, 2.05) is 24.3 Å². The number of rotatable bonds is 7. The first-order valence-electron chi connectivity index (χ1n) is 8.03. The number of ether oxygens (including phenoxy) is 2. The Morgan fingerprint density at radius 2 is 1.73 bits per heavy atom. The van der Waals surface area contributed by atoms with Gasteiger partial charge in [-0.15, -0.1) is 0 Å². The zero-order valence-corrected chi connectivity index (χ0v) is 15.1. The fourth-order valence-electron chi connectivity index (χ4n) is 2.21. The molecule has 0 spiro atoms. The molecule has 0 aliphatic heterocycles. The van der Waals surface area contributed by atoms with Gasteiger partial charge in [-0.1, -0.05) is 12.1 Å². The maximum atomic E-state index is 12.2. The summed E-state index contributed by atoms with van der Waals surface area (Å²) in [5.74, 6) is 0.878. The molecule has 26 heavy (non-hydrogen) atoms. The summed E-state index contributed by atoms with van der Waals surface area (Å²) in [5, 5.41) is 2.74. The highest BCUT2D eigenvalue weighted by Crippen LogP contribution is 2.15. The SMILES string of the molecule is COc1ccc(NC(=O)CN(C)C(=O)/C=C/c2cccc(OC)c2)cc1. The van der Waals surface area contributed by atoms with Gasteiger partial charge in [0.15, 0.2) is 0 Å². The number of nitrogens with one attached hydrogen (secondary N) is 1. The number of likely N-dealkylation sites (N-methyl/N-ethyl adjacent to an activating group) is 1. The lowest BCUT2D eigenvalue weighted by molar-refractivity contribution is -0.129. The Kier molecular flexibility index (Phi) is 6.79. The van der Waals surface area contributed by atoms with Gasteiger partial charge in [-0.3, -0.25) is 9.59 Å². The van der Waals surface area contributed by atoms with Gasteiger partial charge in [-0.25, -0.2) is 0 Å². The maximum absolute atomic E-state index is 12.2. The van der Waals surface area contributed by atoms with Crippen molar-refractivity contribution in [2.24, 2.45) is 0 Å². The number of amides is 2. The summed E-state index contributed by atoms with van der Waals surface area (Å²) in [6, 6.07) is 14.3. The van der Waals surface area contributed by atoms with Crippen LogP contribution < -0.4 is 14.8 Å². The predicted molar refractivity (Wildman–Crippen MR) is 101 cm³/mol. The first kappa shape index (κ1) is 19.1. The van der Waals surface area contributed by atoms with E-state index in [0.29, 0.717) is 17.2 Å². The van der Waals surface area contributed by atoms with Crippen molar-refractivity contribution >= 4 is 23.6 Å². The van der Waals surface area contributed by atoms with Gasteiger partial charge in [0.05, 0.1) is 20.8 Å². The summed E-state index contributed by atoms with van der Waals surface area (Å²) in [5.41, 5.74) is 1.48. The molecule has 0 radical (unpaired) electrons. The number of benzene rings is 2. The lowest BCUT2D eigenvalue weighted by atomic mass is 10.2. The van der Waals surface area contributed by atoms with Gasteiger partial charge >= 0.3 is 0 Å². The van der Waals surface area contributed by atoms with Crippen molar-refractivity contribution in [3.05, 3.63) is 60.2 Å². The molecule has 2 amide bonds. The summed E-state index contributed by atoms with van der Waals surface area (Å²) in [6.07, 6.45) is 3.11. The van der Waals surface area contributed by atoms with E-state index < -0.39 is 0 Å². The topological polar surface area (TPSA) is 67.9 Å². The fourth-order valence-corrected chi connectivity index (χ4v) is 2.21. The van der Waals surface area contributed by atoms with Gasteiger partial charge in [0.2, 0.25) is 11.8 Å². The molecular formula is C20H22N2O4. The van der Waals surface area contributed by atoms with Crippen molar-refractivity contribution in [3.63, 3.8) is 0 Å². The summed E-state index contributed by atoms with van der Waals surface area (Å²) >= 11 is 0. The predicted octanol–water partition coefficient (Wildman–Crippen LogP) is 2.81. The zero-order valence-electron chi connectivity index (χ0n) is 15.1. The standard InChI is InChI=1S/C20H22N2O4/c1-22(14-19(23)21-16-8-10-17(25-2)11-9-16)20(24)12-7-15-5-4-6-18(13-15)26-3/h4-13H,14H2,1-3H3,(H,21,23)/b12-7+. The van der Waals surface area contributed by atoms with Crippen LogP contribution in [0, 0.1) is 0 Å². The van der Waals surface area contributed by atoms with E-state index >= 15 is 0 Å². The van der Waals surface area contributed by atoms with E-state index in [9.17, 15) is 9.59 Å². The van der Waals surface area contributed by atoms with E-state index in [4.69, 9.17) is 9.47 Å². The Morgan fingerprint density at radius 3 is 2.38 bits per heavy atom. The molecule has 0 unspecified atom stereocenters. The smallest absolute Gasteiger partial charge is 0.246 e. The quantitative estimate of drug-likeness (QED) is 0.777. The van der Waals surface area contributed by atoms with Gasteiger partial charge < -0.3 is 19.7 Å². The number of hydrogen-bond acceptors (Lipinski definition) is 4. The second-order valence-electron chi connectivity index (χ2n) is 5.58. The minimum atomic E-state index is -0.277. The molecule has 0 saturated heterocycles. The molecule has 0 atom stereocenters. The fraction of sp³-hybridized carbons (Fsp3) is 0.200. The van der Waals surface area contributed by atoms with Crippen molar-refractivity contribution < 1.29 is 19.1 Å². The molecule has 0 bridgehead atoms. The van der Waals surface area contributed by atoms with Crippen molar-refractivity contribution in [3.8, 4) is 11.5 Å². The number of methoxy groups -OCH3 is 2. The Balaban J connectivity index is 1.88. The molecule has 2 aromatic rings. The summed E-state index contributed by atoms with van der Waals surface area (Å²) < 4.78 is 10.2. The van der Waals surface area contributed by atoms with Gasteiger partial charge in [-0.2, -0.15) is 0 Å². The second-order valence-corrected chi connectivity index (χ2v) is 5.58. The molecule has 2 aromatic carbocycles. The third-order valence-electron chi connectivity index (χ3n) is 3.64. The molecule has 0 fully saturated rings. The third kappa shape index (κ3) is 5.66. The molecule has 6 heteroatoms. The Bertz CT molecular complexity index is 785. The van der Waals surface area contributed by atoms with Crippen LogP contribution in [0.2, 0.25) is 0 Å². The monoisotopic (exact) mass is 354 g/mol.